The van der Waals surface area contributed by atoms with Crippen molar-refractivity contribution >= 4 is 11.8 Å². The van der Waals surface area contributed by atoms with Crippen molar-refractivity contribution in [2.75, 3.05) is 0 Å². The van der Waals surface area contributed by atoms with Crippen molar-refractivity contribution in [1.29, 1.82) is 0 Å². The number of allylic oxidation sites excluding steroid dienone is 1. The van der Waals surface area contributed by atoms with Crippen molar-refractivity contribution in [3.63, 3.8) is 0 Å². The number of ether oxygens (including phenoxy) is 1. The van der Waals surface area contributed by atoms with Gasteiger partial charge in [0.25, 0.3) is 0 Å². The fourth-order valence-electron chi connectivity index (χ4n) is 11.2. The Hall–Kier alpha value is -1.12. The van der Waals surface area contributed by atoms with E-state index in [-0.39, 0.29) is 45.1 Å². The van der Waals surface area contributed by atoms with Gasteiger partial charge in [-0.1, -0.05) is 46.8 Å². The van der Waals surface area contributed by atoms with Crippen molar-refractivity contribution in [2.45, 2.75) is 105 Å². The second-order valence-electron chi connectivity index (χ2n) is 13.9. The molecule has 1 heterocycles. The first-order valence-corrected chi connectivity index (χ1v) is 13.3. The van der Waals surface area contributed by atoms with Crippen LogP contribution in [0.5, 0.6) is 0 Å². The van der Waals surface area contributed by atoms with E-state index >= 15 is 0 Å². The zero-order valence-corrected chi connectivity index (χ0v) is 20.9. The van der Waals surface area contributed by atoms with Gasteiger partial charge >= 0.3 is 5.97 Å². The molecule has 0 aromatic heterocycles. The smallest absolute Gasteiger partial charge is 0.313 e. The first-order chi connectivity index (χ1) is 14.9. The van der Waals surface area contributed by atoms with Gasteiger partial charge in [0.2, 0.25) is 0 Å². The third-order valence-electron chi connectivity index (χ3n) is 13.2. The van der Waals surface area contributed by atoms with Gasteiger partial charge in [0.15, 0.2) is 0 Å². The fourth-order valence-corrected chi connectivity index (χ4v) is 11.2. The summed E-state index contributed by atoms with van der Waals surface area (Å²) < 4.78 is 6.39. The van der Waals surface area contributed by atoms with E-state index in [1.165, 1.54) is 5.57 Å². The largest absolute Gasteiger partial charge is 0.461 e. The number of hydrogen-bond acceptors (Lipinski definition) is 3. The van der Waals surface area contributed by atoms with E-state index < -0.39 is 0 Å². The summed E-state index contributed by atoms with van der Waals surface area (Å²) in [5.74, 6) is 2.19. The van der Waals surface area contributed by atoms with E-state index in [0.29, 0.717) is 23.5 Å². The molecule has 1 saturated heterocycles. The summed E-state index contributed by atoms with van der Waals surface area (Å²) in [6, 6.07) is 0. The van der Waals surface area contributed by atoms with Crippen LogP contribution >= 0.6 is 0 Å². The lowest BCUT2D eigenvalue weighted by Gasteiger charge is -2.71. The number of carbonyl (C=O) groups excluding carboxylic acids is 2. The maximum Gasteiger partial charge on any atom is 0.313 e. The lowest BCUT2D eigenvalue weighted by atomic mass is 9.30. The molecule has 0 aromatic carbocycles. The Labute approximate surface area is 194 Å². The lowest BCUT2D eigenvalue weighted by molar-refractivity contribution is -0.242. The number of hydrogen-bond donors (Lipinski definition) is 0. The molecule has 6 aliphatic rings. The molecule has 5 aliphatic carbocycles. The standard InChI is InChI=1S/C29H42O3/c1-17-9-11-25(3)16-23-28(6)21-10-12-26(4)18(2)19(30)7-8-20(26)27(21,5)13-14-29(28,22(25)15-17)24(31)32-23/h18,20-23H,1,7-16H2,2-6H3/t18-,20+,21-,22+,23-,25+,26+,27-,28-,29-/m0/s1. The molecule has 10 atom stereocenters. The third-order valence-corrected chi connectivity index (χ3v) is 13.2. The summed E-state index contributed by atoms with van der Waals surface area (Å²) in [7, 11) is 0. The average molecular weight is 439 g/mol. The summed E-state index contributed by atoms with van der Waals surface area (Å²) in [4.78, 5) is 26.6. The highest BCUT2D eigenvalue weighted by Gasteiger charge is 2.80. The second-order valence-corrected chi connectivity index (χ2v) is 13.9. The summed E-state index contributed by atoms with van der Waals surface area (Å²) >= 11 is 0. The Kier molecular flexibility index (Phi) is 4.09. The Balaban J connectivity index is 1.48. The van der Waals surface area contributed by atoms with E-state index in [9.17, 15) is 9.59 Å². The van der Waals surface area contributed by atoms with Crippen LogP contribution in [-0.4, -0.2) is 17.9 Å². The monoisotopic (exact) mass is 438 g/mol. The third kappa shape index (κ3) is 2.12. The molecule has 0 aromatic rings. The molecule has 0 radical (unpaired) electrons. The molecular weight excluding hydrogens is 396 g/mol. The summed E-state index contributed by atoms with van der Waals surface area (Å²) in [5.41, 5.74) is 1.39. The molecule has 2 bridgehead atoms. The summed E-state index contributed by atoms with van der Waals surface area (Å²) in [6.07, 6.45) is 10.4. The molecule has 176 valence electrons. The van der Waals surface area contributed by atoms with Gasteiger partial charge in [0, 0.05) is 17.8 Å². The van der Waals surface area contributed by atoms with E-state index in [4.69, 9.17) is 4.74 Å². The molecule has 32 heavy (non-hydrogen) atoms. The number of ketones is 1. The molecule has 3 heteroatoms. The van der Waals surface area contributed by atoms with Crippen LogP contribution in [0.3, 0.4) is 0 Å². The van der Waals surface area contributed by atoms with Gasteiger partial charge in [-0.05, 0) is 91.8 Å². The lowest BCUT2D eigenvalue weighted by Crippen LogP contribution is -2.70. The molecule has 0 N–H and O–H groups in total. The van der Waals surface area contributed by atoms with Crippen LogP contribution in [0.25, 0.3) is 0 Å². The highest BCUT2D eigenvalue weighted by molar-refractivity contribution is 5.83. The van der Waals surface area contributed by atoms with E-state index in [1.807, 2.05) is 0 Å². The Morgan fingerprint density at radius 1 is 0.875 bits per heavy atom. The predicted octanol–water partition coefficient (Wildman–Crippen LogP) is 6.50. The minimum absolute atomic E-state index is 0.0549. The van der Waals surface area contributed by atoms with Gasteiger partial charge in [-0.2, -0.15) is 0 Å². The van der Waals surface area contributed by atoms with Crippen molar-refractivity contribution in [1.82, 2.24) is 0 Å². The first kappa shape index (κ1) is 21.4. The van der Waals surface area contributed by atoms with Crippen LogP contribution in [0, 0.1) is 50.7 Å². The number of esters is 1. The van der Waals surface area contributed by atoms with Crippen molar-refractivity contribution in [2.24, 2.45) is 50.7 Å². The topological polar surface area (TPSA) is 43.4 Å². The van der Waals surface area contributed by atoms with Crippen LogP contribution in [0.1, 0.15) is 98.8 Å². The quantitative estimate of drug-likeness (QED) is 0.320. The number of rotatable bonds is 0. The first-order valence-electron chi connectivity index (χ1n) is 13.3. The average Bonchev–Trinajstić information content (AvgIpc) is 2.87. The summed E-state index contributed by atoms with van der Waals surface area (Å²) in [6.45, 7) is 16.4. The van der Waals surface area contributed by atoms with Crippen LogP contribution in [-0.2, 0) is 14.3 Å². The maximum atomic E-state index is 13.8. The van der Waals surface area contributed by atoms with E-state index in [0.717, 1.165) is 64.2 Å². The Morgan fingerprint density at radius 2 is 1.62 bits per heavy atom. The molecular formula is C29H42O3. The minimum Gasteiger partial charge on any atom is -0.461 e. The number of Topliss-reactive ketones (excluding diaryl/α,β-unsaturated/α-hetero) is 1. The van der Waals surface area contributed by atoms with Crippen molar-refractivity contribution in [3.05, 3.63) is 12.2 Å². The Bertz CT molecular complexity index is 921. The van der Waals surface area contributed by atoms with Gasteiger partial charge in [-0.25, -0.2) is 0 Å². The van der Waals surface area contributed by atoms with Gasteiger partial charge in [-0.3, -0.25) is 9.59 Å². The SMILES string of the molecule is C=C1CC[C@]2(C)C[C@@H]3OC(=O)[C@]4(CC[C@@]5(C)[C@@H]6CCC(=O)[C@H](C)[C@@]6(C)CC[C@@H]5[C@@]34C)[C@@H]2C1. The van der Waals surface area contributed by atoms with Crippen LogP contribution in [0.2, 0.25) is 0 Å². The number of fused-ring (bicyclic) bond motifs is 4. The highest BCUT2D eigenvalue weighted by Crippen LogP contribution is 2.80. The molecule has 0 unspecified atom stereocenters. The zero-order valence-electron chi connectivity index (χ0n) is 20.9. The molecule has 0 amide bonds. The molecule has 5 saturated carbocycles. The van der Waals surface area contributed by atoms with Gasteiger partial charge < -0.3 is 4.74 Å². The van der Waals surface area contributed by atoms with Crippen LogP contribution < -0.4 is 0 Å². The predicted molar refractivity (Wildman–Crippen MR) is 125 cm³/mol. The zero-order chi connectivity index (χ0) is 22.9. The molecule has 0 spiro atoms. The molecule has 6 fully saturated rings. The molecule has 3 nitrogen and oxygen atoms in total. The second kappa shape index (κ2) is 6.11. The fraction of sp³-hybridized carbons (Fsp3) is 0.862. The molecule has 1 aliphatic heterocycles. The molecule has 6 rings (SSSR count). The highest BCUT2D eigenvalue weighted by atomic mass is 16.6. The number of carbonyl (C=O) groups is 2. The van der Waals surface area contributed by atoms with Gasteiger partial charge in [0.1, 0.15) is 11.9 Å². The van der Waals surface area contributed by atoms with Crippen LogP contribution in [0.15, 0.2) is 12.2 Å². The van der Waals surface area contributed by atoms with Gasteiger partial charge in [0.05, 0.1) is 5.41 Å². The van der Waals surface area contributed by atoms with Gasteiger partial charge in [-0.15, -0.1) is 0 Å². The van der Waals surface area contributed by atoms with E-state index in [2.05, 4.69) is 41.2 Å². The van der Waals surface area contributed by atoms with E-state index in [1.54, 1.807) is 0 Å². The van der Waals surface area contributed by atoms with Crippen LogP contribution in [0.4, 0.5) is 0 Å². The Morgan fingerprint density at radius 3 is 2.38 bits per heavy atom. The van der Waals surface area contributed by atoms with Crippen molar-refractivity contribution < 1.29 is 14.3 Å². The minimum atomic E-state index is -0.345. The maximum absolute atomic E-state index is 13.8. The normalized spacial score (nSPS) is 58.9. The van der Waals surface area contributed by atoms with Crippen molar-refractivity contribution in [3.8, 4) is 0 Å². The summed E-state index contributed by atoms with van der Waals surface area (Å²) in [5, 5.41) is 0.